The number of hydrogen-bond acceptors (Lipinski definition) is 4. The predicted molar refractivity (Wildman–Crippen MR) is 64.0 cm³/mol. The lowest BCUT2D eigenvalue weighted by molar-refractivity contribution is -0.124. The topological polar surface area (TPSA) is 69.3 Å². The minimum absolute atomic E-state index is 0.0456. The fourth-order valence-corrected chi connectivity index (χ4v) is 1.66. The Morgan fingerprint density at radius 3 is 3.11 bits per heavy atom. The molecule has 6 nitrogen and oxygen atoms in total. The second-order valence-electron chi connectivity index (χ2n) is 3.75. The van der Waals surface area contributed by atoms with Crippen molar-refractivity contribution in [1.29, 1.82) is 0 Å². The zero-order valence-corrected chi connectivity index (χ0v) is 10.1. The highest BCUT2D eigenvalue weighted by Gasteiger charge is 2.17. The van der Waals surface area contributed by atoms with E-state index in [4.69, 9.17) is 9.15 Å². The molecule has 1 atom stereocenters. The standard InChI is InChI=1S/C12H15N3O3/c1-17-9-12(16)13-8-10(11-4-2-7-18-11)15-6-3-5-14-15/h2-7,10H,8-9H2,1H3,(H,13,16)/t10-/m0/s1. The number of nitrogens with one attached hydrogen (secondary N) is 1. The molecule has 0 saturated heterocycles. The third kappa shape index (κ3) is 2.98. The van der Waals surface area contributed by atoms with Crippen molar-refractivity contribution in [2.75, 3.05) is 20.3 Å². The maximum Gasteiger partial charge on any atom is 0.246 e. The van der Waals surface area contributed by atoms with E-state index in [0.717, 1.165) is 5.76 Å². The Morgan fingerprint density at radius 2 is 2.50 bits per heavy atom. The van der Waals surface area contributed by atoms with E-state index in [1.165, 1.54) is 7.11 Å². The van der Waals surface area contributed by atoms with Gasteiger partial charge in [0, 0.05) is 26.0 Å². The smallest absolute Gasteiger partial charge is 0.246 e. The number of rotatable bonds is 6. The van der Waals surface area contributed by atoms with Gasteiger partial charge in [-0.2, -0.15) is 5.10 Å². The van der Waals surface area contributed by atoms with Crippen LogP contribution >= 0.6 is 0 Å². The maximum absolute atomic E-state index is 11.4. The summed E-state index contributed by atoms with van der Waals surface area (Å²) in [7, 11) is 1.48. The van der Waals surface area contributed by atoms with Crippen LogP contribution in [0.5, 0.6) is 0 Å². The number of amides is 1. The van der Waals surface area contributed by atoms with Gasteiger partial charge in [-0.15, -0.1) is 0 Å². The fraction of sp³-hybridized carbons (Fsp3) is 0.333. The van der Waals surface area contributed by atoms with Crippen molar-refractivity contribution in [1.82, 2.24) is 15.1 Å². The second kappa shape index (κ2) is 6.02. The van der Waals surface area contributed by atoms with Gasteiger partial charge in [0.1, 0.15) is 18.4 Å². The molecule has 2 rings (SSSR count). The van der Waals surface area contributed by atoms with Crippen LogP contribution < -0.4 is 5.32 Å². The number of carbonyl (C=O) groups excluding carboxylic acids is 1. The number of aromatic nitrogens is 2. The summed E-state index contributed by atoms with van der Waals surface area (Å²) in [6, 6.07) is 5.33. The lowest BCUT2D eigenvalue weighted by atomic mass is 10.2. The van der Waals surface area contributed by atoms with Crippen LogP contribution in [0.4, 0.5) is 0 Å². The Hall–Kier alpha value is -2.08. The molecule has 0 fully saturated rings. The van der Waals surface area contributed by atoms with Gasteiger partial charge in [0.15, 0.2) is 0 Å². The van der Waals surface area contributed by atoms with Crippen molar-refractivity contribution in [3.63, 3.8) is 0 Å². The number of ether oxygens (including phenoxy) is 1. The molecule has 1 amide bonds. The van der Waals surface area contributed by atoms with Crippen LogP contribution in [0.1, 0.15) is 11.8 Å². The molecule has 0 radical (unpaired) electrons. The fourth-order valence-electron chi connectivity index (χ4n) is 1.66. The molecule has 0 aliphatic rings. The van der Waals surface area contributed by atoms with Crippen molar-refractivity contribution < 1.29 is 13.9 Å². The van der Waals surface area contributed by atoms with E-state index in [1.807, 2.05) is 24.4 Å². The highest BCUT2D eigenvalue weighted by atomic mass is 16.5. The summed E-state index contributed by atoms with van der Waals surface area (Å²) in [5, 5.41) is 6.95. The zero-order valence-electron chi connectivity index (χ0n) is 10.1. The summed E-state index contributed by atoms with van der Waals surface area (Å²) in [6.45, 7) is 0.446. The van der Waals surface area contributed by atoms with Crippen molar-refractivity contribution in [3.8, 4) is 0 Å². The third-order valence-corrected chi connectivity index (χ3v) is 2.48. The average Bonchev–Trinajstić information content (AvgIpc) is 3.02. The van der Waals surface area contributed by atoms with Crippen LogP contribution in [0.15, 0.2) is 41.3 Å². The van der Waals surface area contributed by atoms with Crippen LogP contribution in [0.25, 0.3) is 0 Å². The molecule has 0 saturated carbocycles. The Labute approximate surface area is 105 Å². The first-order valence-electron chi connectivity index (χ1n) is 5.59. The summed E-state index contributed by atoms with van der Waals surface area (Å²) in [4.78, 5) is 11.4. The summed E-state index contributed by atoms with van der Waals surface area (Å²) in [5.74, 6) is 0.581. The Bertz CT molecular complexity index is 430. The van der Waals surface area contributed by atoms with Gasteiger partial charge >= 0.3 is 0 Å². The van der Waals surface area contributed by atoms with E-state index >= 15 is 0 Å². The van der Waals surface area contributed by atoms with E-state index < -0.39 is 0 Å². The molecule has 2 heterocycles. The number of carbonyl (C=O) groups is 1. The Kier molecular flexibility index (Phi) is 4.14. The lowest BCUT2D eigenvalue weighted by Crippen LogP contribution is -2.33. The van der Waals surface area contributed by atoms with Gasteiger partial charge in [-0.1, -0.05) is 0 Å². The van der Waals surface area contributed by atoms with Crippen LogP contribution in [0.2, 0.25) is 0 Å². The van der Waals surface area contributed by atoms with Crippen molar-refractivity contribution >= 4 is 5.91 Å². The SMILES string of the molecule is COCC(=O)NC[C@@H](c1ccco1)n1cccn1. The van der Waals surface area contributed by atoms with E-state index in [0.29, 0.717) is 6.54 Å². The molecule has 0 aliphatic carbocycles. The Balaban J connectivity index is 2.05. The van der Waals surface area contributed by atoms with Gasteiger partial charge in [-0.05, 0) is 18.2 Å². The van der Waals surface area contributed by atoms with Gasteiger partial charge in [-0.25, -0.2) is 0 Å². The molecular weight excluding hydrogens is 234 g/mol. The molecule has 6 heteroatoms. The highest BCUT2D eigenvalue weighted by Crippen LogP contribution is 2.16. The lowest BCUT2D eigenvalue weighted by Gasteiger charge is -2.16. The monoisotopic (exact) mass is 249 g/mol. The van der Waals surface area contributed by atoms with Crippen molar-refractivity contribution in [3.05, 3.63) is 42.6 Å². The maximum atomic E-state index is 11.4. The molecule has 0 bridgehead atoms. The van der Waals surface area contributed by atoms with Gasteiger partial charge in [-0.3, -0.25) is 9.48 Å². The molecular formula is C12H15N3O3. The van der Waals surface area contributed by atoms with Gasteiger partial charge in [0.25, 0.3) is 0 Å². The van der Waals surface area contributed by atoms with Crippen LogP contribution in [-0.4, -0.2) is 35.9 Å². The third-order valence-electron chi connectivity index (χ3n) is 2.48. The number of furan rings is 1. The molecule has 0 unspecified atom stereocenters. The van der Waals surface area contributed by atoms with E-state index in [9.17, 15) is 4.79 Å². The molecule has 1 N–H and O–H groups in total. The summed E-state index contributed by atoms with van der Waals surface area (Å²) >= 11 is 0. The minimum Gasteiger partial charge on any atom is -0.467 e. The molecule has 0 spiro atoms. The molecule has 18 heavy (non-hydrogen) atoms. The molecule has 2 aromatic heterocycles. The molecule has 0 aliphatic heterocycles. The first-order chi connectivity index (χ1) is 8.81. The number of nitrogens with zero attached hydrogens (tertiary/aromatic N) is 2. The summed E-state index contributed by atoms with van der Waals surface area (Å²) < 4.78 is 11.9. The van der Waals surface area contributed by atoms with Crippen LogP contribution in [0.3, 0.4) is 0 Å². The van der Waals surface area contributed by atoms with E-state index in [2.05, 4.69) is 10.4 Å². The zero-order chi connectivity index (χ0) is 12.8. The van der Waals surface area contributed by atoms with Gasteiger partial charge in [0.2, 0.25) is 5.91 Å². The van der Waals surface area contributed by atoms with E-state index in [-0.39, 0.29) is 18.6 Å². The van der Waals surface area contributed by atoms with Gasteiger partial charge in [0.05, 0.1) is 6.26 Å². The summed E-state index contributed by atoms with van der Waals surface area (Å²) in [5.41, 5.74) is 0. The molecule has 0 aromatic carbocycles. The summed E-state index contributed by atoms with van der Waals surface area (Å²) in [6.07, 6.45) is 5.12. The van der Waals surface area contributed by atoms with Crippen molar-refractivity contribution in [2.24, 2.45) is 0 Å². The minimum atomic E-state index is -0.166. The molecule has 2 aromatic rings. The highest BCUT2D eigenvalue weighted by molar-refractivity contribution is 5.77. The quantitative estimate of drug-likeness (QED) is 0.823. The molecule has 96 valence electrons. The number of methoxy groups -OCH3 is 1. The Morgan fingerprint density at radius 1 is 1.61 bits per heavy atom. The normalized spacial score (nSPS) is 12.3. The van der Waals surface area contributed by atoms with Crippen LogP contribution in [-0.2, 0) is 9.53 Å². The second-order valence-corrected chi connectivity index (χ2v) is 3.75. The first kappa shape index (κ1) is 12.4. The largest absolute Gasteiger partial charge is 0.467 e. The number of hydrogen-bond donors (Lipinski definition) is 1. The first-order valence-corrected chi connectivity index (χ1v) is 5.59. The van der Waals surface area contributed by atoms with Crippen molar-refractivity contribution in [2.45, 2.75) is 6.04 Å². The van der Waals surface area contributed by atoms with Crippen LogP contribution in [0, 0.1) is 0 Å². The van der Waals surface area contributed by atoms with Gasteiger partial charge < -0.3 is 14.5 Å². The average molecular weight is 249 g/mol. The van der Waals surface area contributed by atoms with E-state index in [1.54, 1.807) is 17.1 Å². The predicted octanol–water partition coefficient (Wildman–Crippen LogP) is 0.828.